The normalized spacial score (nSPS) is 31.3. The first-order valence-electron chi connectivity index (χ1n) is 13.3. The number of rotatable bonds is 11. The van der Waals surface area contributed by atoms with Crippen molar-refractivity contribution in [3.8, 4) is 0 Å². The van der Waals surface area contributed by atoms with E-state index in [0.717, 1.165) is 6.42 Å². The monoisotopic (exact) mass is 543 g/mol. The van der Waals surface area contributed by atoms with Crippen molar-refractivity contribution in [1.29, 1.82) is 0 Å². The number of benzene rings is 1. The molecule has 206 valence electrons. The third-order valence-corrected chi connectivity index (χ3v) is 8.85. The highest BCUT2D eigenvalue weighted by Crippen LogP contribution is 2.65. The average Bonchev–Trinajstić information content (AvgIpc) is 3.39. The average molecular weight is 544 g/mol. The Hall–Kier alpha value is -2.68. The van der Waals surface area contributed by atoms with Crippen LogP contribution < -0.4 is 4.90 Å². The summed E-state index contributed by atoms with van der Waals surface area (Å²) in [5, 5.41) is 10.3. The van der Waals surface area contributed by atoms with Gasteiger partial charge < -0.3 is 24.5 Å². The first-order valence-corrected chi connectivity index (χ1v) is 13.7. The first-order chi connectivity index (χ1) is 18.1. The number of carbonyl (C=O) groups excluding carboxylic acids is 3. The van der Waals surface area contributed by atoms with E-state index < -0.39 is 29.1 Å². The number of hydrogen-bond acceptors (Lipinski definition) is 5. The van der Waals surface area contributed by atoms with Crippen molar-refractivity contribution in [2.45, 2.75) is 50.9 Å². The van der Waals surface area contributed by atoms with E-state index in [4.69, 9.17) is 16.3 Å². The van der Waals surface area contributed by atoms with Crippen LogP contribution in [0.1, 0.15) is 33.6 Å². The zero-order valence-electron chi connectivity index (χ0n) is 22.4. The summed E-state index contributed by atoms with van der Waals surface area (Å²) in [6.07, 6.45) is 4.49. The van der Waals surface area contributed by atoms with Crippen LogP contribution in [0.3, 0.4) is 0 Å². The van der Waals surface area contributed by atoms with Crippen LogP contribution in [0.5, 0.6) is 0 Å². The van der Waals surface area contributed by atoms with Crippen LogP contribution in [0, 0.1) is 17.8 Å². The maximum absolute atomic E-state index is 14.4. The fourth-order valence-electron chi connectivity index (χ4n) is 6.91. The second-order valence-electron chi connectivity index (χ2n) is 10.7. The zero-order chi connectivity index (χ0) is 27.8. The number of carbonyl (C=O) groups is 3. The number of β-amino-alcohol motifs (C(OH)–C–C–N with tert-alkyl or cyclic N) is 1. The van der Waals surface area contributed by atoms with Crippen LogP contribution in [-0.4, -0.2) is 82.7 Å². The predicted octanol–water partition coefficient (Wildman–Crippen LogP) is 3.29. The van der Waals surface area contributed by atoms with Crippen LogP contribution >= 0.6 is 11.6 Å². The van der Waals surface area contributed by atoms with Crippen LogP contribution in [0.2, 0.25) is 5.02 Å². The highest BCUT2D eigenvalue weighted by Gasteiger charge is 2.80. The van der Waals surface area contributed by atoms with E-state index >= 15 is 0 Å². The van der Waals surface area contributed by atoms with E-state index in [1.807, 2.05) is 20.8 Å². The second-order valence-corrected chi connectivity index (χ2v) is 11.1. The van der Waals surface area contributed by atoms with E-state index in [0.29, 0.717) is 30.2 Å². The first kappa shape index (κ1) is 28.3. The molecule has 1 aromatic carbocycles. The lowest BCUT2D eigenvalue weighted by atomic mass is 9.62. The molecule has 8 nitrogen and oxygen atoms in total. The number of fused-ring (bicyclic) bond motifs is 1. The van der Waals surface area contributed by atoms with Gasteiger partial charge in [-0.05, 0) is 37.8 Å². The number of hydrogen-bond donors (Lipinski definition) is 1. The Morgan fingerprint density at radius 1 is 1.24 bits per heavy atom. The maximum Gasteiger partial charge on any atom is 0.253 e. The molecule has 6 atom stereocenters. The Balaban J connectivity index is 1.83. The van der Waals surface area contributed by atoms with Crippen LogP contribution in [0.4, 0.5) is 5.69 Å². The standard InChI is InChI=1S/C29H38ClN3O5/c1-6-13-31(14-7-2)25(35)22-23-26(36)33(16-17-34)24(29(23)18-19(4)28(22,5)38-29)27(37)32(15-8-3)21-12-10-9-11-20(21)30/h6,8-12,19,22-24,34H,1,3,7,13-18H2,2,4-5H3/t19?,22-,23+,24?,28+,29?/m1/s1. The van der Waals surface area contributed by atoms with Crippen molar-refractivity contribution in [3.63, 3.8) is 0 Å². The minimum absolute atomic E-state index is 0.0430. The highest BCUT2D eigenvalue weighted by molar-refractivity contribution is 6.34. The largest absolute Gasteiger partial charge is 0.395 e. The lowest BCUT2D eigenvalue weighted by Gasteiger charge is -2.39. The van der Waals surface area contributed by atoms with Crippen molar-refractivity contribution in [1.82, 2.24) is 9.80 Å². The van der Waals surface area contributed by atoms with Gasteiger partial charge in [-0.15, -0.1) is 13.2 Å². The lowest BCUT2D eigenvalue weighted by molar-refractivity contribution is -0.151. The summed E-state index contributed by atoms with van der Waals surface area (Å²) in [7, 11) is 0. The molecule has 3 saturated heterocycles. The van der Waals surface area contributed by atoms with Crippen molar-refractivity contribution in [2.24, 2.45) is 17.8 Å². The molecule has 1 aromatic rings. The summed E-state index contributed by atoms with van der Waals surface area (Å²) in [5.41, 5.74) is -1.62. The van der Waals surface area contributed by atoms with Gasteiger partial charge in [-0.25, -0.2) is 0 Å². The third-order valence-electron chi connectivity index (χ3n) is 8.53. The Morgan fingerprint density at radius 3 is 2.53 bits per heavy atom. The maximum atomic E-state index is 14.4. The van der Waals surface area contributed by atoms with Crippen LogP contribution in [-0.2, 0) is 19.1 Å². The number of aliphatic hydroxyl groups is 1. The SMILES string of the molecule is C=CCN(CCC)C(=O)[C@H]1[C@H]2C(=O)N(CCO)C(C(=O)N(CC=C)c3ccccc3Cl)C23CC(C)[C@]1(C)O3. The molecule has 0 aromatic heterocycles. The molecule has 0 aliphatic carbocycles. The van der Waals surface area contributed by atoms with Gasteiger partial charge in [0.1, 0.15) is 11.6 Å². The van der Waals surface area contributed by atoms with E-state index in [-0.39, 0.29) is 43.3 Å². The van der Waals surface area contributed by atoms with Crippen molar-refractivity contribution >= 4 is 35.0 Å². The van der Waals surface area contributed by atoms with Gasteiger partial charge in [0, 0.05) is 26.2 Å². The molecule has 3 aliphatic rings. The lowest BCUT2D eigenvalue weighted by Crippen LogP contribution is -2.57. The van der Waals surface area contributed by atoms with Crippen molar-refractivity contribution in [3.05, 3.63) is 54.6 Å². The number of anilines is 1. The van der Waals surface area contributed by atoms with Gasteiger partial charge in [0.05, 0.1) is 34.8 Å². The molecule has 1 N–H and O–H groups in total. The minimum atomic E-state index is -1.20. The summed E-state index contributed by atoms with van der Waals surface area (Å²) in [4.78, 5) is 47.2. The fraction of sp³-hybridized carbons (Fsp3) is 0.552. The summed E-state index contributed by atoms with van der Waals surface area (Å²) in [5.74, 6) is -2.53. The minimum Gasteiger partial charge on any atom is -0.395 e. The molecule has 3 heterocycles. The molecular formula is C29H38ClN3O5. The fourth-order valence-corrected chi connectivity index (χ4v) is 7.15. The number of ether oxygens (including phenoxy) is 1. The predicted molar refractivity (Wildman–Crippen MR) is 147 cm³/mol. The molecule has 38 heavy (non-hydrogen) atoms. The number of nitrogens with zero attached hydrogens (tertiary/aromatic N) is 3. The van der Waals surface area contributed by atoms with E-state index in [2.05, 4.69) is 13.2 Å². The number of aliphatic hydroxyl groups excluding tert-OH is 1. The van der Waals surface area contributed by atoms with Crippen molar-refractivity contribution in [2.75, 3.05) is 37.7 Å². The van der Waals surface area contributed by atoms with Crippen molar-refractivity contribution < 1.29 is 24.2 Å². The summed E-state index contributed by atoms with van der Waals surface area (Å²) in [6.45, 7) is 14.2. The molecular weight excluding hydrogens is 506 g/mol. The summed E-state index contributed by atoms with van der Waals surface area (Å²) in [6, 6.07) is 5.98. The number of amides is 3. The van der Waals surface area contributed by atoms with Gasteiger partial charge in [-0.3, -0.25) is 14.4 Å². The Kier molecular flexibility index (Phi) is 8.07. The Morgan fingerprint density at radius 2 is 1.92 bits per heavy atom. The van der Waals surface area contributed by atoms with E-state index in [1.165, 1.54) is 9.80 Å². The molecule has 2 bridgehead atoms. The van der Waals surface area contributed by atoms with Gasteiger partial charge in [-0.2, -0.15) is 0 Å². The zero-order valence-corrected chi connectivity index (χ0v) is 23.2. The van der Waals surface area contributed by atoms with Crippen LogP contribution in [0.25, 0.3) is 0 Å². The molecule has 3 amide bonds. The van der Waals surface area contributed by atoms with E-state index in [1.54, 1.807) is 41.3 Å². The quantitative estimate of drug-likeness (QED) is 0.433. The Bertz CT molecular complexity index is 1130. The van der Waals surface area contributed by atoms with Gasteiger partial charge in [-0.1, -0.05) is 49.7 Å². The molecule has 3 fully saturated rings. The van der Waals surface area contributed by atoms with Crippen LogP contribution in [0.15, 0.2) is 49.6 Å². The molecule has 4 rings (SSSR count). The second kappa shape index (κ2) is 10.8. The van der Waals surface area contributed by atoms with Gasteiger partial charge in [0.15, 0.2) is 0 Å². The highest BCUT2D eigenvalue weighted by atomic mass is 35.5. The molecule has 3 aliphatic heterocycles. The van der Waals surface area contributed by atoms with Gasteiger partial charge >= 0.3 is 0 Å². The molecule has 0 saturated carbocycles. The third kappa shape index (κ3) is 4.17. The van der Waals surface area contributed by atoms with Gasteiger partial charge in [0.25, 0.3) is 5.91 Å². The number of likely N-dealkylation sites (tertiary alicyclic amines) is 1. The summed E-state index contributed by atoms with van der Waals surface area (Å²) < 4.78 is 6.78. The molecule has 1 spiro atoms. The topological polar surface area (TPSA) is 90.4 Å². The number of para-hydroxylation sites is 1. The summed E-state index contributed by atoms with van der Waals surface area (Å²) >= 11 is 6.49. The smallest absolute Gasteiger partial charge is 0.253 e. The van der Waals surface area contributed by atoms with E-state index in [9.17, 15) is 19.5 Å². The Labute approximate surface area is 229 Å². The molecule has 3 unspecified atom stereocenters. The number of halogens is 1. The molecule has 9 heteroatoms. The van der Waals surface area contributed by atoms with Gasteiger partial charge in [0.2, 0.25) is 11.8 Å². The molecule has 0 radical (unpaired) electrons.